The fraction of sp³-hybridized carbons (Fsp3) is 0.0909. The molecule has 2 aromatic carbocycles. The minimum atomic E-state index is -3.60. The van der Waals surface area contributed by atoms with Crippen molar-refractivity contribution in [2.75, 3.05) is 16.2 Å². The number of thiazole rings is 1. The molecule has 0 saturated carbocycles. The molecule has 2 aromatic heterocycles. The molecule has 5 rings (SSSR count). The highest BCUT2D eigenvalue weighted by Crippen LogP contribution is 2.36. The smallest absolute Gasteiger partial charge is 0.277 e. The average Bonchev–Trinajstić information content (AvgIpc) is 3.47. The molecule has 0 bridgehead atoms. The summed E-state index contributed by atoms with van der Waals surface area (Å²) in [6, 6.07) is 14.1. The number of rotatable bonds is 5. The van der Waals surface area contributed by atoms with Gasteiger partial charge in [0.2, 0.25) is 0 Å². The lowest BCUT2D eigenvalue weighted by atomic mass is 10.1. The van der Waals surface area contributed by atoms with Crippen molar-refractivity contribution in [2.24, 2.45) is 0 Å². The van der Waals surface area contributed by atoms with Crippen molar-refractivity contribution in [2.45, 2.75) is 11.3 Å². The van der Waals surface area contributed by atoms with Crippen molar-refractivity contribution >= 4 is 38.1 Å². The second-order valence-corrected chi connectivity index (χ2v) is 9.79. The molecule has 0 fully saturated rings. The zero-order chi connectivity index (χ0) is 22.1. The Morgan fingerprint density at radius 2 is 1.94 bits per heavy atom. The molecule has 3 heterocycles. The first kappa shape index (κ1) is 20.3. The summed E-state index contributed by atoms with van der Waals surface area (Å²) >= 11 is 1.31. The van der Waals surface area contributed by atoms with Gasteiger partial charge >= 0.3 is 0 Å². The lowest BCUT2D eigenvalue weighted by Gasteiger charge is -2.19. The third kappa shape index (κ3) is 3.74. The standard InChI is InChI=1S/C22H17N5O3S2/c28-21(18-13-23-9-10-24-18)26-22-25-19(14-31-22)15-6-7-20-16(12-15)8-11-27(20)32(29,30)17-4-2-1-3-5-17/h1-7,9-10,12-14H,8,11H2,(H,25,26,28). The van der Waals surface area contributed by atoms with Gasteiger partial charge in [-0.1, -0.05) is 24.3 Å². The van der Waals surface area contributed by atoms with E-state index < -0.39 is 10.0 Å². The molecule has 0 unspecified atom stereocenters. The third-order valence-corrected chi connectivity index (χ3v) is 7.67. The van der Waals surface area contributed by atoms with E-state index in [2.05, 4.69) is 20.3 Å². The number of anilines is 2. The predicted molar refractivity (Wildman–Crippen MR) is 122 cm³/mol. The molecule has 1 aliphatic heterocycles. The van der Waals surface area contributed by atoms with Crippen LogP contribution in [0.25, 0.3) is 11.3 Å². The molecule has 8 nitrogen and oxygen atoms in total. The van der Waals surface area contributed by atoms with Crippen molar-refractivity contribution in [3.63, 3.8) is 0 Å². The van der Waals surface area contributed by atoms with Crippen molar-refractivity contribution in [3.8, 4) is 11.3 Å². The molecule has 0 atom stereocenters. The zero-order valence-corrected chi connectivity index (χ0v) is 18.3. The molecule has 0 aliphatic carbocycles. The fourth-order valence-corrected chi connectivity index (χ4v) is 5.78. The third-order valence-electron chi connectivity index (χ3n) is 5.08. The van der Waals surface area contributed by atoms with E-state index in [0.717, 1.165) is 11.1 Å². The number of hydrogen-bond donors (Lipinski definition) is 1. The zero-order valence-electron chi connectivity index (χ0n) is 16.7. The van der Waals surface area contributed by atoms with Crippen molar-refractivity contribution < 1.29 is 13.2 Å². The monoisotopic (exact) mass is 463 g/mol. The summed E-state index contributed by atoms with van der Waals surface area (Å²) < 4.78 is 27.5. The molecule has 1 amide bonds. The molecule has 1 aliphatic rings. The molecule has 0 radical (unpaired) electrons. The van der Waals surface area contributed by atoms with Gasteiger partial charge in [0.1, 0.15) is 5.69 Å². The molecular formula is C22H17N5O3S2. The van der Waals surface area contributed by atoms with E-state index in [1.165, 1.54) is 34.2 Å². The van der Waals surface area contributed by atoms with Crippen LogP contribution in [0, 0.1) is 0 Å². The minimum Gasteiger partial charge on any atom is -0.296 e. The average molecular weight is 464 g/mol. The highest BCUT2D eigenvalue weighted by molar-refractivity contribution is 7.92. The summed E-state index contributed by atoms with van der Waals surface area (Å²) in [6.45, 7) is 0.395. The summed E-state index contributed by atoms with van der Waals surface area (Å²) in [5.74, 6) is -0.380. The maximum absolute atomic E-state index is 13.0. The number of benzene rings is 2. The van der Waals surface area contributed by atoms with Gasteiger partial charge in [-0.05, 0) is 36.2 Å². The van der Waals surface area contributed by atoms with E-state index in [9.17, 15) is 13.2 Å². The Balaban J connectivity index is 1.37. The number of nitrogens with one attached hydrogen (secondary N) is 1. The molecular weight excluding hydrogens is 446 g/mol. The van der Waals surface area contributed by atoms with Crippen molar-refractivity contribution in [1.29, 1.82) is 0 Å². The van der Waals surface area contributed by atoms with Crippen LogP contribution in [0.15, 0.2) is 77.4 Å². The van der Waals surface area contributed by atoms with Gasteiger partial charge in [-0.15, -0.1) is 11.3 Å². The van der Waals surface area contributed by atoms with Gasteiger partial charge < -0.3 is 0 Å². The molecule has 0 spiro atoms. The van der Waals surface area contributed by atoms with E-state index in [1.807, 2.05) is 23.6 Å². The number of amides is 1. The van der Waals surface area contributed by atoms with Crippen LogP contribution in [0.4, 0.5) is 10.8 Å². The van der Waals surface area contributed by atoms with Crippen LogP contribution < -0.4 is 9.62 Å². The van der Waals surface area contributed by atoms with Gasteiger partial charge in [-0.25, -0.2) is 18.4 Å². The Morgan fingerprint density at radius 3 is 2.72 bits per heavy atom. The van der Waals surface area contributed by atoms with Gasteiger partial charge in [0.25, 0.3) is 15.9 Å². The first-order valence-electron chi connectivity index (χ1n) is 9.76. The van der Waals surface area contributed by atoms with Crippen LogP contribution in [-0.2, 0) is 16.4 Å². The van der Waals surface area contributed by atoms with Crippen molar-refractivity contribution in [1.82, 2.24) is 15.0 Å². The normalized spacial score (nSPS) is 13.1. The molecule has 1 N–H and O–H groups in total. The summed E-state index contributed by atoms with van der Waals surface area (Å²) in [5.41, 5.74) is 3.40. The summed E-state index contributed by atoms with van der Waals surface area (Å²) in [4.78, 5) is 24.9. The van der Waals surface area contributed by atoms with E-state index >= 15 is 0 Å². The van der Waals surface area contributed by atoms with E-state index in [0.29, 0.717) is 29.5 Å². The number of fused-ring (bicyclic) bond motifs is 1. The van der Waals surface area contributed by atoms with Gasteiger partial charge in [-0.2, -0.15) is 0 Å². The quantitative estimate of drug-likeness (QED) is 0.485. The number of carbonyl (C=O) groups excluding carboxylic acids is 1. The first-order valence-corrected chi connectivity index (χ1v) is 12.1. The SMILES string of the molecule is O=C(Nc1nc(-c2ccc3c(c2)CCN3S(=O)(=O)c2ccccc2)cs1)c1cnccn1. The fourth-order valence-electron chi connectivity index (χ4n) is 3.54. The number of hydrogen-bond acceptors (Lipinski definition) is 7. The Morgan fingerprint density at radius 1 is 1.09 bits per heavy atom. The Kier molecular flexibility index (Phi) is 5.16. The van der Waals surface area contributed by atoms with Gasteiger partial charge in [-0.3, -0.25) is 19.4 Å². The lowest BCUT2D eigenvalue weighted by molar-refractivity contribution is 0.102. The summed E-state index contributed by atoms with van der Waals surface area (Å²) in [6.07, 6.45) is 4.96. The molecule has 160 valence electrons. The van der Waals surface area contributed by atoms with Gasteiger partial charge in [0, 0.05) is 29.9 Å². The maximum Gasteiger partial charge on any atom is 0.277 e. The van der Waals surface area contributed by atoms with Crippen LogP contribution in [0.2, 0.25) is 0 Å². The largest absolute Gasteiger partial charge is 0.296 e. The van der Waals surface area contributed by atoms with E-state index in [-0.39, 0.29) is 16.5 Å². The second kappa shape index (κ2) is 8.13. The van der Waals surface area contributed by atoms with E-state index in [1.54, 1.807) is 30.3 Å². The topological polar surface area (TPSA) is 105 Å². The first-order chi connectivity index (χ1) is 15.5. The van der Waals surface area contributed by atoms with Crippen LogP contribution in [0.5, 0.6) is 0 Å². The number of carbonyl (C=O) groups is 1. The highest BCUT2D eigenvalue weighted by Gasteiger charge is 2.31. The van der Waals surface area contributed by atoms with E-state index in [4.69, 9.17) is 0 Å². The van der Waals surface area contributed by atoms with Gasteiger partial charge in [0.05, 0.1) is 22.5 Å². The van der Waals surface area contributed by atoms with Crippen molar-refractivity contribution in [3.05, 3.63) is 83.8 Å². The molecule has 32 heavy (non-hydrogen) atoms. The Bertz CT molecular complexity index is 1390. The molecule has 0 saturated heterocycles. The van der Waals surface area contributed by atoms with Gasteiger partial charge in [0.15, 0.2) is 5.13 Å². The highest BCUT2D eigenvalue weighted by atomic mass is 32.2. The van der Waals surface area contributed by atoms with Crippen LogP contribution in [-0.4, -0.2) is 35.8 Å². The molecule has 10 heteroatoms. The predicted octanol–water partition coefficient (Wildman–Crippen LogP) is 3.60. The number of aromatic nitrogens is 3. The molecule has 4 aromatic rings. The number of nitrogens with zero attached hydrogens (tertiary/aromatic N) is 4. The van der Waals surface area contributed by atoms with Crippen LogP contribution in [0.1, 0.15) is 16.1 Å². The van der Waals surface area contributed by atoms with Crippen LogP contribution in [0.3, 0.4) is 0 Å². The second-order valence-electron chi connectivity index (χ2n) is 7.07. The summed E-state index contributed by atoms with van der Waals surface area (Å²) in [5, 5.41) is 5.02. The summed E-state index contributed by atoms with van der Waals surface area (Å²) in [7, 11) is -3.60. The van der Waals surface area contributed by atoms with Crippen LogP contribution >= 0.6 is 11.3 Å². The Hall–Kier alpha value is -3.63. The maximum atomic E-state index is 13.0. The number of sulfonamides is 1. The Labute approximate surface area is 188 Å². The minimum absolute atomic E-state index is 0.210. The lowest BCUT2D eigenvalue weighted by Crippen LogP contribution is -2.29.